The van der Waals surface area contributed by atoms with Crippen molar-refractivity contribution in [2.75, 3.05) is 6.54 Å². The van der Waals surface area contributed by atoms with Gasteiger partial charge in [-0.15, -0.1) is 11.6 Å². The van der Waals surface area contributed by atoms with Crippen LogP contribution in [0.1, 0.15) is 38.1 Å². The van der Waals surface area contributed by atoms with E-state index in [-0.39, 0.29) is 5.38 Å². The van der Waals surface area contributed by atoms with Gasteiger partial charge in [0.2, 0.25) is 0 Å². The lowest BCUT2D eigenvalue weighted by atomic mass is 10.2. The predicted molar refractivity (Wildman–Crippen MR) is 76.5 cm³/mol. The van der Waals surface area contributed by atoms with E-state index in [4.69, 9.17) is 11.6 Å². The number of nitrogens with one attached hydrogen (secondary N) is 1. The van der Waals surface area contributed by atoms with E-state index in [1.165, 1.54) is 5.69 Å². The zero-order valence-electron chi connectivity index (χ0n) is 10.8. The van der Waals surface area contributed by atoms with Crippen LogP contribution in [0.25, 0.3) is 0 Å². The Morgan fingerprint density at radius 1 is 1.53 bits per heavy atom. The number of hydrogen-bond acceptors (Lipinski definition) is 2. The van der Waals surface area contributed by atoms with Crippen LogP contribution in [0.3, 0.4) is 0 Å². The molecule has 1 heterocycles. The number of aromatic nitrogens is 2. The fraction of sp³-hybridized carbons (Fsp3) is 0.750. The highest BCUT2D eigenvalue weighted by Crippen LogP contribution is 2.21. The van der Waals surface area contributed by atoms with Crippen molar-refractivity contribution in [2.24, 2.45) is 7.05 Å². The highest BCUT2D eigenvalue weighted by atomic mass is 79.9. The van der Waals surface area contributed by atoms with Gasteiger partial charge in [0.15, 0.2) is 0 Å². The first-order valence-corrected chi connectivity index (χ1v) is 7.34. The van der Waals surface area contributed by atoms with Gasteiger partial charge >= 0.3 is 0 Å². The van der Waals surface area contributed by atoms with Crippen LogP contribution in [0.2, 0.25) is 0 Å². The lowest BCUT2D eigenvalue weighted by Crippen LogP contribution is -2.17. The van der Waals surface area contributed by atoms with Crippen LogP contribution < -0.4 is 5.32 Å². The molecule has 17 heavy (non-hydrogen) atoms. The molecule has 0 aliphatic rings. The largest absolute Gasteiger partial charge is 0.311 e. The molecule has 0 spiro atoms. The summed E-state index contributed by atoms with van der Waals surface area (Å²) in [6, 6.07) is 0. The van der Waals surface area contributed by atoms with Crippen molar-refractivity contribution in [1.29, 1.82) is 0 Å². The molecule has 0 fully saturated rings. The van der Waals surface area contributed by atoms with Crippen molar-refractivity contribution in [2.45, 2.75) is 45.0 Å². The number of rotatable bonds is 7. The van der Waals surface area contributed by atoms with Crippen molar-refractivity contribution in [3.63, 3.8) is 0 Å². The van der Waals surface area contributed by atoms with E-state index in [1.807, 2.05) is 18.7 Å². The summed E-state index contributed by atoms with van der Waals surface area (Å²) in [6.07, 6.45) is 3.13. The second-order valence-corrected chi connectivity index (χ2v) is 5.82. The third-order valence-electron chi connectivity index (χ3n) is 2.75. The van der Waals surface area contributed by atoms with Crippen molar-refractivity contribution >= 4 is 27.5 Å². The molecule has 3 nitrogen and oxygen atoms in total. The monoisotopic (exact) mass is 321 g/mol. The Hall–Kier alpha value is -0.0600. The van der Waals surface area contributed by atoms with E-state index >= 15 is 0 Å². The van der Waals surface area contributed by atoms with Gasteiger partial charge in [-0.25, -0.2) is 0 Å². The van der Waals surface area contributed by atoms with Crippen LogP contribution in [0.5, 0.6) is 0 Å². The molecule has 1 unspecified atom stereocenters. The molecule has 0 amide bonds. The van der Waals surface area contributed by atoms with E-state index in [0.717, 1.165) is 42.5 Å². The molecular weight excluding hydrogens is 302 g/mol. The third-order valence-corrected chi connectivity index (χ3v) is 3.88. The number of hydrogen-bond donors (Lipinski definition) is 1. The summed E-state index contributed by atoms with van der Waals surface area (Å²) in [5.74, 6) is 0. The van der Waals surface area contributed by atoms with Crippen molar-refractivity contribution in [3.8, 4) is 0 Å². The zero-order valence-corrected chi connectivity index (χ0v) is 13.1. The highest BCUT2D eigenvalue weighted by molar-refractivity contribution is 9.10. The fourth-order valence-electron chi connectivity index (χ4n) is 1.73. The Morgan fingerprint density at radius 3 is 2.76 bits per heavy atom. The van der Waals surface area contributed by atoms with Gasteiger partial charge in [0.25, 0.3) is 0 Å². The maximum atomic E-state index is 5.90. The Bertz CT molecular complexity index is 350. The van der Waals surface area contributed by atoms with Gasteiger partial charge in [0, 0.05) is 19.0 Å². The van der Waals surface area contributed by atoms with E-state index in [9.17, 15) is 0 Å². The second-order valence-electron chi connectivity index (χ2n) is 4.28. The minimum atomic E-state index is 0.270. The van der Waals surface area contributed by atoms with Gasteiger partial charge in [0.05, 0.1) is 15.9 Å². The first kappa shape index (κ1) is 15.0. The van der Waals surface area contributed by atoms with Gasteiger partial charge in [-0.05, 0) is 48.7 Å². The fourth-order valence-corrected chi connectivity index (χ4v) is 2.64. The Labute approximate surface area is 117 Å². The van der Waals surface area contributed by atoms with Crippen LogP contribution in [0, 0.1) is 0 Å². The molecular formula is C12H21BrClN3. The van der Waals surface area contributed by atoms with E-state index in [1.54, 1.807) is 0 Å². The first-order valence-electron chi connectivity index (χ1n) is 6.11. The second kappa shape index (κ2) is 7.39. The summed E-state index contributed by atoms with van der Waals surface area (Å²) >= 11 is 9.51. The maximum Gasteiger partial charge on any atom is 0.0767 e. The van der Waals surface area contributed by atoms with Crippen molar-refractivity contribution in [1.82, 2.24) is 15.1 Å². The molecule has 1 atom stereocenters. The Balaban J connectivity index is 2.39. The van der Waals surface area contributed by atoms with E-state index in [2.05, 4.69) is 33.3 Å². The van der Waals surface area contributed by atoms with Crippen LogP contribution >= 0.6 is 27.5 Å². The molecule has 1 aromatic rings. The summed E-state index contributed by atoms with van der Waals surface area (Å²) in [7, 11) is 1.99. The van der Waals surface area contributed by atoms with Crippen LogP contribution in [-0.4, -0.2) is 21.7 Å². The number of nitrogens with zero attached hydrogens (tertiary/aromatic N) is 2. The SMILES string of the molecule is CCc1nn(C)c(CNCCCC(C)Cl)c1Br. The quantitative estimate of drug-likeness (QED) is 0.617. The molecule has 0 aliphatic carbocycles. The lowest BCUT2D eigenvalue weighted by Gasteiger charge is -2.06. The minimum absolute atomic E-state index is 0.270. The molecule has 0 aromatic carbocycles. The summed E-state index contributed by atoms with van der Waals surface area (Å²) in [5.41, 5.74) is 2.33. The average Bonchev–Trinajstić information content (AvgIpc) is 2.54. The topological polar surface area (TPSA) is 29.9 Å². The van der Waals surface area contributed by atoms with Crippen LogP contribution in [-0.2, 0) is 20.0 Å². The third kappa shape index (κ3) is 4.60. The normalized spacial score (nSPS) is 13.0. The summed E-state index contributed by atoms with van der Waals surface area (Å²) in [4.78, 5) is 0. The Morgan fingerprint density at radius 2 is 2.24 bits per heavy atom. The molecule has 0 bridgehead atoms. The van der Waals surface area contributed by atoms with Crippen molar-refractivity contribution in [3.05, 3.63) is 15.9 Å². The highest BCUT2D eigenvalue weighted by Gasteiger charge is 2.11. The number of halogens is 2. The summed E-state index contributed by atoms with van der Waals surface area (Å²) in [6.45, 7) is 6.00. The molecule has 1 rings (SSSR count). The maximum absolute atomic E-state index is 5.90. The average molecular weight is 323 g/mol. The van der Waals surface area contributed by atoms with Crippen LogP contribution in [0.15, 0.2) is 4.47 Å². The Kier molecular flexibility index (Phi) is 6.52. The smallest absolute Gasteiger partial charge is 0.0767 e. The molecule has 0 saturated heterocycles. The number of aryl methyl sites for hydroxylation is 2. The molecule has 5 heteroatoms. The minimum Gasteiger partial charge on any atom is -0.311 e. The standard InChI is InChI=1S/C12H21BrClN3/c1-4-10-12(13)11(17(3)16-10)8-15-7-5-6-9(2)14/h9,15H,4-8H2,1-3H3. The molecule has 0 saturated carbocycles. The molecule has 1 N–H and O–H groups in total. The van der Waals surface area contributed by atoms with Gasteiger partial charge in [0.1, 0.15) is 0 Å². The lowest BCUT2D eigenvalue weighted by molar-refractivity contribution is 0.588. The van der Waals surface area contributed by atoms with Crippen LogP contribution in [0.4, 0.5) is 0 Å². The first-order chi connectivity index (χ1) is 8.06. The zero-order chi connectivity index (χ0) is 12.8. The van der Waals surface area contributed by atoms with Gasteiger partial charge < -0.3 is 5.32 Å². The van der Waals surface area contributed by atoms with Gasteiger partial charge in [-0.1, -0.05) is 6.92 Å². The van der Waals surface area contributed by atoms with E-state index in [0.29, 0.717) is 0 Å². The van der Waals surface area contributed by atoms with Gasteiger partial charge in [-0.2, -0.15) is 5.10 Å². The van der Waals surface area contributed by atoms with E-state index < -0.39 is 0 Å². The molecule has 98 valence electrons. The molecule has 1 aromatic heterocycles. The number of alkyl halides is 1. The van der Waals surface area contributed by atoms with Crippen molar-refractivity contribution < 1.29 is 0 Å². The summed E-state index contributed by atoms with van der Waals surface area (Å²) < 4.78 is 3.08. The molecule has 0 aliphatic heterocycles. The summed E-state index contributed by atoms with van der Waals surface area (Å²) in [5, 5.41) is 8.16. The predicted octanol–water partition coefficient (Wildman–Crippen LogP) is 3.24. The molecule has 0 radical (unpaired) electrons. The van der Waals surface area contributed by atoms with Gasteiger partial charge in [-0.3, -0.25) is 4.68 Å².